The van der Waals surface area contributed by atoms with Crippen LogP contribution in [0.1, 0.15) is 55.5 Å². The first-order valence-electron chi connectivity index (χ1n) is 11.3. The lowest BCUT2D eigenvalue weighted by Gasteiger charge is -2.27. The standard InChI is InChI=1S/C24H35N5O2S/c1-7-28(8-2)14-13-26-23(30)22-17(5)27-24(32-22)19-11-12-21(20(15-19)16-25)31-18(6)29(9-3)10-4/h11-12,15,18H,7-10,13-14H2,1-6H3,(H,26,30). The van der Waals surface area contributed by atoms with Crippen LogP contribution in [0.15, 0.2) is 18.2 Å². The highest BCUT2D eigenvalue weighted by molar-refractivity contribution is 7.17. The van der Waals surface area contributed by atoms with E-state index in [0.717, 1.165) is 43.3 Å². The molecular weight excluding hydrogens is 422 g/mol. The number of nitrogens with zero attached hydrogens (tertiary/aromatic N) is 4. The second kappa shape index (κ2) is 12.5. The van der Waals surface area contributed by atoms with Gasteiger partial charge < -0.3 is 15.0 Å². The second-order valence-corrected chi connectivity index (χ2v) is 8.48. The number of benzene rings is 1. The number of nitrogens with one attached hydrogen (secondary N) is 1. The zero-order valence-electron chi connectivity index (χ0n) is 20.1. The summed E-state index contributed by atoms with van der Waals surface area (Å²) in [6.07, 6.45) is -0.128. The van der Waals surface area contributed by atoms with Gasteiger partial charge in [0.25, 0.3) is 5.91 Å². The number of ether oxygens (including phenoxy) is 1. The van der Waals surface area contributed by atoms with Gasteiger partial charge in [0, 0.05) is 18.7 Å². The molecule has 1 N–H and O–H groups in total. The Labute approximate surface area is 196 Å². The number of aryl methyl sites for hydroxylation is 1. The summed E-state index contributed by atoms with van der Waals surface area (Å²) in [5.74, 6) is 0.449. The summed E-state index contributed by atoms with van der Waals surface area (Å²) in [6, 6.07) is 7.72. The summed E-state index contributed by atoms with van der Waals surface area (Å²) < 4.78 is 6.04. The number of carbonyl (C=O) groups is 1. The molecular formula is C24H35N5O2S. The first kappa shape index (κ1) is 25.8. The fourth-order valence-corrected chi connectivity index (χ4v) is 4.51. The van der Waals surface area contributed by atoms with Crippen molar-refractivity contribution in [3.8, 4) is 22.4 Å². The van der Waals surface area contributed by atoms with Crippen molar-refractivity contribution in [2.75, 3.05) is 39.3 Å². The Bertz CT molecular complexity index is 929. The monoisotopic (exact) mass is 457 g/mol. The molecule has 0 aliphatic heterocycles. The molecule has 7 nitrogen and oxygen atoms in total. The molecule has 0 aliphatic carbocycles. The molecule has 1 heterocycles. The van der Waals surface area contributed by atoms with Crippen molar-refractivity contribution in [2.45, 2.75) is 47.8 Å². The Kier molecular flexibility index (Phi) is 10.1. The molecule has 1 aromatic carbocycles. The van der Waals surface area contributed by atoms with Crippen LogP contribution in [-0.4, -0.2) is 66.2 Å². The van der Waals surface area contributed by atoms with Gasteiger partial charge in [0.1, 0.15) is 27.9 Å². The van der Waals surface area contributed by atoms with Crippen LogP contribution in [0.5, 0.6) is 5.75 Å². The quantitative estimate of drug-likeness (QED) is 0.483. The van der Waals surface area contributed by atoms with E-state index in [1.807, 2.05) is 26.0 Å². The van der Waals surface area contributed by atoms with Crippen LogP contribution in [0.2, 0.25) is 0 Å². The third-order valence-electron chi connectivity index (χ3n) is 5.58. The van der Waals surface area contributed by atoms with Gasteiger partial charge in [-0.25, -0.2) is 4.98 Å². The maximum Gasteiger partial charge on any atom is 0.263 e. The van der Waals surface area contributed by atoms with Crippen LogP contribution in [0.3, 0.4) is 0 Å². The normalized spacial score (nSPS) is 12.1. The Morgan fingerprint density at radius 2 is 1.91 bits per heavy atom. The molecule has 0 spiro atoms. The van der Waals surface area contributed by atoms with Gasteiger partial charge in [0.2, 0.25) is 0 Å². The number of hydrogen-bond acceptors (Lipinski definition) is 7. The van der Waals surface area contributed by atoms with E-state index >= 15 is 0 Å². The Morgan fingerprint density at radius 1 is 1.22 bits per heavy atom. The molecule has 0 aliphatic rings. The van der Waals surface area contributed by atoms with Crippen molar-refractivity contribution in [1.29, 1.82) is 5.26 Å². The predicted octanol–water partition coefficient (Wildman–Crippen LogP) is 4.13. The van der Waals surface area contributed by atoms with Crippen molar-refractivity contribution >= 4 is 17.2 Å². The molecule has 8 heteroatoms. The van der Waals surface area contributed by atoms with E-state index in [2.05, 4.69) is 53.9 Å². The van der Waals surface area contributed by atoms with Crippen LogP contribution >= 0.6 is 11.3 Å². The van der Waals surface area contributed by atoms with Crippen molar-refractivity contribution < 1.29 is 9.53 Å². The van der Waals surface area contributed by atoms with E-state index in [1.165, 1.54) is 11.3 Å². The molecule has 0 saturated carbocycles. The van der Waals surface area contributed by atoms with E-state index in [0.29, 0.717) is 28.4 Å². The molecule has 1 unspecified atom stereocenters. The maximum absolute atomic E-state index is 12.7. The Balaban J connectivity index is 2.15. The highest BCUT2D eigenvalue weighted by Gasteiger charge is 2.18. The molecule has 2 rings (SSSR count). The minimum atomic E-state index is -0.128. The van der Waals surface area contributed by atoms with Gasteiger partial charge in [-0.2, -0.15) is 5.26 Å². The predicted molar refractivity (Wildman–Crippen MR) is 130 cm³/mol. The number of rotatable bonds is 12. The van der Waals surface area contributed by atoms with Gasteiger partial charge in [-0.1, -0.05) is 27.7 Å². The Morgan fingerprint density at radius 3 is 2.50 bits per heavy atom. The van der Waals surface area contributed by atoms with E-state index in [1.54, 1.807) is 6.07 Å². The molecule has 0 fully saturated rings. The summed E-state index contributed by atoms with van der Waals surface area (Å²) >= 11 is 1.35. The first-order valence-corrected chi connectivity index (χ1v) is 12.1. The minimum Gasteiger partial charge on any atom is -0.474 e. The van der Waals surface area contributed by atoms with Gasteiger partial charge in [-0.05, 0) is 58.2 Å². The van der Waals surface area contributed by atoms with Gasteiger partial charge in [-0.15, -0.1) is 11.3 Å². The molecule has 2 aromatic rings. The molecule has 174 valence electrons. The number of likely N-dealkylation sites (N-methyl/N-ethyl adjacent to an activating group) is 1. The van der Waals surface area contributed by atoms with E-state index < -0.39 is 0 Å². The van der Waals surface area contributed by atoms with Crippen LogP contribution in [0.4, 0.5) is 0 Å². The topological polar surface area (TPSA) is 81.5 Å². The number of carbonyl (C=O) groups excluding carboxylic acids is 1. The summed E-state index contributed by atoms with van der Waals surface area (Å²) in [5, 5.41) is 13.4. The zero-order valence-corrected chi connectivity index (χ0v) is 20.9. The number of nitriles is 1. The van der Waals surface area contributed by atoms with E-state index in [-0.39, 0.29) is 12.1 Å². The van der Waals surface area contributed by atoms with Gasteiger partial charge in [-0.3, -0.25) is 9.69 Å². The van der Waals surface area contributed by atoms with Gasteiger partial charge in [0.15, 0.2) is 0 Å². The highest BCUT2D eigenvalue weighted by Crippen LogP contribution is 2.31. The fourth-order valence-electron chi connectivity index (χ4n) is 3.53. The first-order chi connectivity index (χ1) is 15.4. The number of amides is 1. The second-order valence-electron chi connectivity index (χ2n) is 7.48. The van der Waals surface area contributed by atoms with Crippen LogP contribution < -0.4 is 10.1 Å². The third-order valence-corrected chi connectivity index (χ3v) is 6.79. The van der Waals surface area contributed by atoms with Crippen LogP contribution in [0.25, 0.3) is 10.6 Å². The molecule has 1 atom stereocenters. The lowest BCUT2D eigenvalue weighted by molar-refractivity contribution is 0.0478. The summed E-state index contributed by atoms with van der Waals surface area (Å²) in [6.45, 7) is 17.3. The fraction of sp³-hybridized carbons (Fsp3) is 0.542. The molecule has 1 amide bonds. The van der Waals surface area contributed by atoms with Crippen LogP contribution in [0, 0.1) is 18.3 Å². The van der Waals surface area contributed by atoms with Crippen LogP contribution in [-0.2, 0) is 0 Å². The Hall–Kier alpha value is -2.47. The largest absolute Gasteiger partial charge is 0.474 e. The van der Waals surface area contributed by atoms with Crippen molar-refractivity contribution in [1.82, 2.24) is 20.1 Å². The zero-order chi connectivity index (χ0) is 23.7. The minimum absolute atomic E-state index is 0.105. The number of thiazole rings is 1. The van der Waals surface area contributed by atoms with Gasteiger partial charge in [0.05, 0.1) is 11.3 Å². The maximum atomic E-state index is 12.7. The molecule has 1 aromatic heterocycles. The third kappa shape index (κ3) is 6.52. The van der Waals surface area contributed by atoms with E-state index in [4.69, 9.17) is 4.74 Å². The average Bonchev–Trinajstić information content (AvgIpc) is 3.19. The molecule has 0 radical (unpaired) electrons. The smallest absolute Gasteiger partial charge is 0.263 e. The summed E-state index contributed by atoms with van der Waals surface area (Å²) in [4.78, 5) is 22.3. The molecule has 0 bridgehead atoms. The van der Waals surface area contributed by atoms with Crippen molar-refractivity contribution in [3.05, 3.63) is 34.3 Å². The van der Waals surface area contributed by atoms with Crippen molar-refractivity contribution in [3.63, 3.8) is 0 Å². The van der Waals surface area contributed by atoms with Gasteiger partial charge >= 0.3 is 0 Å². The number of aromatic nitrogens is 1. The molecule has 32 heavy (non-hydrogen) atoms. The molecule has 0 saturated heterocycles. The lowest BCUT2D eigenvalue weighted by Crippen LogP contribution is -2.37. The summed E-state index contributed by atoms with van der Waals surface area (Å²) in [7, 11) is 0. The van der Waals surface area contributed by atoms with Crippen molar-refractivity contribution in [2.24, 2.45) is 0 Å². The lowest BCUT2D eigenvalue weighted by atomic mass is 10.1. The summed E-state index contributed by atoms with van der Waals surface area (Å²) in [5.41, 5.74) is 1.96. The highest BCUT2D eigenvalue weighted by atomic mass is 32.1. The number of hydrogen-bond donors (Lipinski definition) is 1. The average molecular weight is 458 g/mol. The SMILES string of the molecule is CCN(CC)CCNC(=O)c1sc(-c2ccc(OC(C)N(CC)CC)c(C#N)c2)nc1C. The van der Waals surface area contributed by atoms with E-state index in [9.17, 15) is 10.1 Å².